The SMILES string of the molecule is CCN(CC)c1ccc(/C=C2/SC(=Nc3ccc(OC)cc3)NC2=O)c(OC)c1. The lowest BCUT2D eigenvalue weighted by atomic mass is 10.1. The van der Waals surface area contributed by atoms with E-state index in [4.69, 9.17) is 9.47 Å². The van der Waals surface area contributed by atoms with E-state index in [9.17, 15) is 4.79 Å². The zero-order valence-electron chi connectivity index (χ0n) is 17.1. The summed E-state index contributed by atoms with van der Waals surface area (Å²) in [6.45, 7) is 6.08. The second kappa shape index (κ2) is 9.52. The molecule has 0 unspecified atom stereocenters. The summed E-state index contributed by atoms with van der Waals surface area (Å²) in [4.78, 5) is 19.7. The van der Waals surface area contributed by atoms with Crippen LogP contribution in [0.4, 0.5) is 11.4 Å². The van der Waals surface area contributed by atoms with Crippen LogP contribution in [0.25, 0.3) is 6.08 Å². The Morgan fingerprint density at radius 1 is 1.07 bits per heavy atom. The van der Waals surface area contributed by atoms with Crippen molar-refractivity contribution in [2.45, 2.75) is 13.8 Å². The molecule has 2 aromatic carbocycles. The number of amides is 1. The van der Waals surface area contributed by atoms with E-state index in [-0.39, 0.29) is 5.91 Å². The predicted octanol–water partition coefficient (Wildman–Crippen LogP) is 4.44. The van der Waals surface area contributed by atoms with Crippen LogP contribution in [0.5, 0.6) is 11.5 Å². The van der Waals surface area contributed by atoms with Gasteiger partial charge in [-0.1, -0.05) is 0 Å². The first-order valence-corrected chi connectivity index (χ1v) is 10.3. The van der Waals surface area contributed by atoms with Gasteiger partial charge in [-0.15, -0.1) is 0 Å². The molecule has 0 radical (unpaired) electrons. The van der Waals surface area contributed by atoms with Gasteiger partial charge in [0.1, 0.15) is 11.5 Å². The molecule has 3 rings (SSSR count). The van der Waals surface area contributed by atoms with Gasteiger partial charge in [0.15, 0.2) is 5.17 Å². The molecular weight excluding hydrogens is 386 g/mol. The molecule has 0 atom stereocenters. The second-order valence-electron chi connectivity index (χ2n) is 6.28. The summed E-state index contributed by atoms with van der Waals surface area (Å²) >= 11 is 1.31. The number of aliphatic imine (C=N–C) groups is 1. The van der Waals surface area contributed by atoms with Crippen molar-refractivity contribution in [2.24, 2.45) is 4.99 Å². The van der Waals surface area contributed by atoms with Gasteiger partial charge in [0.2, 0.25) is 0 Å². The van der Waals surface area contributed by atoms with Crippen LogP contribution in [0.1, 0.15) is 19.4 Å². The number of nitrogens with zero attached hydrogens (tertiary/aromatic N) is 2. The molecule has 0 saturated carbocycles. The summed E-state index contributed by atoms with van der Waals surface area (Å²) in [6.07, 6.45) is 1.83. The first-order valence-electron chi connectivity index (χ1n) is 9.44. The first kappa shape index (κ1) is 20.8. The maximum Gasteiger partial charge on any atom is 0.264 e. The molecule has 152 valence electrons. The highest BCUT2D eigenvalue weighted by Crippen LogP contribution is 2.32. The molecule has 0 aromatic heterocycles. The van der Waals surface area contributed by atoms with E-state index in [2.05, 4.69) is 29.1 Å². The van der Waals surface area contributed by atoms with Crippen LogP contribution in [-0.4, -0.2) is 38.4 Å². The number of hydrogen-bond acceptors (Lipinski definition) is 6. The summed E-state index contributed by atoms with van der Waals surface area (Å²) in [7, 11) is 3.26. The lowest BCUT2D eigenvalue weighted by Gasteiger charge is -2.22. The van der Waals surface area contributed by atoms with E-state index in [0.29, 0.717) is 10.1 Å². The summed E-state index contributed by atoms with van der Waals surface area (Å²) in [5.74, 6) is 1.32. The molecule has 1 aliphatic rings. The third-order valence-electron chi connectivity index (χ3n) is 4.59. The quantitative estimate of drug-likeness (QED) is 0.683. The molecule has 29 heavy (non-hydrogen) atoms. The maximum absolute atomic E-state index is 12.4. The van der Waals surface area contributed by atoms with Crippen molar-refractivity contribution in [1.82, 2.24) is 5.32 Å². The number of carbonyl (C=O) groups excluding carboxylic acids is 1. The van der Waals surface area contributed by atoms with Crippen molar-refractivity contribution in [2.75, 3.05) is 32.2 Å². The largest absolute Gasteiger partial charge is 0.497 e. The lowest BCUT2D eigenvalue weighted by Crippen LogP contribution is -2.21. The number of carbonyl (C=O) groups is 1. The molecule has 6 nitrogen and oxygen atoms in total. The molecule has 0 bridgehead atoms. The highest BCUT2D eigenvalue weighted by Gasteiger charge is 2.24. The highest BCUT2D eigenvalue weighted by atomic mass is 32.2. The Morgan fingerprint density at radius 2 is 1.79 bits per heavy atom. The van der Waals surface area contributed by atoms with Crippen molar-refractivity contribution in [3.63, 3.8) is 0 Å². The Labute approximate surface area is 175 Å². The number of nitrogens with one attached hydrogen (secondary N) is 1. The number of anilines is 1. The van der Waals surface area contributed by atoms with E-state index in [0.717, 1.165) is 41.5 Å². The fourth-order valence-electron chi connectivity index (χ4n) is 3.00. The van der Waals surface area contributed by atoms with Gasteiger partial charge in [-0.2, -0.15) is 0 Å². The summed E-state index contributed by atoms with van der Waals surface area (Å²) in [5, 5.41) is 3.36. The molecule has 2 aromatic rings. The van der Waals surface area contributed by atoms with E-state index < -0.39 is 0 Å². The summed E-state index contributed by atoms with van der Waals surface area (Å²) < 4.78 is 10.7. The van der Waals surface area contributed by atoms with Gasteiger partial charge in [0.25, 0.3) is 5.91 Å². The molecule has 1 amide bonds. The Bertz CT molecular complexity index is 935. The summed E-state index contributed by atoms with van der Waals surface area (Å²) in [5.41, 5.74) is 2.70. The minimum Gasteiger partial charge on any atom is -0.497 e. The Kier molecular flexibility index (Phi) is 6.82. The molecule has 1 heterocycles. The standard InChI is InChI=1S/C22H25N3O3S/c1-5-25(6-2)17-10-7-15(19(14-17)28-4)13-20-21(26)24-22(29-20)23-16-8-11-18(27-3)12-9-16/h7-14H,5-6H2,1-4H3,(H,23,24,26)/b20-13+. The van der Waals surface area contributed by atoms with Crippen LogP contribution in [-0.2, 0) is 4.79 Å². The molecule has 0 aliphatic carbocycles. The third kappa shape index (κ3) is 4.92. The number of rotatable bonds is 7. The zero-order valence-corrected chi connectivity index (χ0v) is 17.9. The van der Waals surface area contributed by atoms with Gasteiger partial charge < -0.3 is 19.7 Å². The Morgan fingerprint density at radius 3 is 2.41 bits per heavy atom. The monoisotopic (exact) mass is 411 g/mol. The molecule has 1 saturated heterocycles. The van der Waals surface area contributed by atoms with Gasteiger partial charge in [0, 0.05) is 30.4 Å². The Balaban J connectivity index is 1.83. The van der Waals surface area contributed by atoms with Crippen LogP contribution in [0.15, 0.2) is 52.4 Å². The van der Waals surface area contributed by atoms with Gasteiger partial charge in [0.05, 0.1) is 24.8 Å². The number of thioether (sulfide) groups is 1. The average molecular weight is 412 g/mol. The lowest BCUT2D eigenvalue weighted by molar-refractivity contribution is -0.115. The smallest absolute Gasteiger partial charge is 0.264 e. The molecule has 1 aliphatic heterocycles. The van der Waals surface area contributed by atoms with Crippen LogP contribution in [0.3, 0.4) is 0 Å². The normalized spacial score (nSPS) is 16.2. The Hall–Kier alpha value is -2.93. The molecule has 1 N–H and O–H groups in total. The molecular formula is C22H25N3O3S. The minimum atomic E-state index is -0.169. The van der Waals surface area contributed by atoms with Crippen molar-refractivity contribution in [1.29, 1.82) is 0 Å². The molecule has 1 fully saturated rings. The molecule has 7 heteroatoms. The summed E-state index contributed by atoms with van der Waals surface area (Å²) in [6, 6.07) is 13.4. The fraction of sp³-hybridized carbons (Fsp3) is 0.273. The van der Waals surface area contributed by atoms with Crippen molar-refractivity contribution < 1.29 is 14.3 Å². The van der Waals surface area contributed by atoms with Crippen LogP contribution in [0.2, 0.25) is 0 Å². The van der Waals surface area contributed by atoms with E-state index in [1.807, 2.05) is 48.5 Å². The number of hydrogen-bond donors (Lipinski definition) is 1. The fourth-order valence-corrected chi connectivity index (χ4v) is 3.83. The molecule has 0 spiro atoms. The van der Waals surface area contributed by atoms with Gasteiger partial charge >= 0.3 is 0 Å². The predicted molar refractivity (Wildman–Crippen MR) is 120 cm³/mol. The maximum atomic E-state index is 12.4. The zero-order chi connectivity index (χ0) is 20.8. The number of benzene rings is 2. The van der Waals surface area contributed by atoms with Gasteiger partial charge in [-0.05, 0) is 68.1 Å². The highest BCUT2D eigenvalue weighted by molar-refractivity contribution is 8.18. The van der Waals surface area contributed by atoms with Crippen LogP contribution >= 0.6 is 11.8 Å². The van der Waals surface area contributed by atoms with Crippen molar-refractivity contribution in [3.05, 3.63) is 52.9 Å². The topological polar surface area (TPSA) is 63.2 Å². The number of amidine groups is 1. The third-order valence-corrected chi connectivity index (χ3v) is 5.50. The number of ether oxygens (including phenoxy) is 2. The van der Waals surface area contributed by atoms with E-state index in [1.165, 1.54) is 11.8 Å². The first-order chi connectivity index (χ1) is 14.1. The second-order valence-corrected chi connectivity index (χ2v) is 7.31. The van der Waals surface area contributed by atoms with E-state index in [1.54, 1.807) is 14.2 Å². The van der Waals surface area contributed by atoms with Crippen molar-refractivity contribution >= 4 is 40.3 Å². The van der Waals surface area contributed by atoms with Crippen LogP contribution in [0, 0.1) is 0 Å². The average Bonchev–Trinajstić information content (AvgIpc) is 3.09. The number of methoxy groups -OCH3 is 2. The van der Waals surface area contributed by atoms with Gasteiger partial charge in [-0.25, -0.2) is 4.99 Å². The van der Waals surface area contributed by atoms with Crippen molar-refractivity contribution in [3.8, 4) is 11.5 Å². The van der Waals surface area contributed by atoms with Gasteiger partial charge in [-0.3, -0.25) is 4.79 Å². The van der Waals surface area contributed by atoms with E-state index >= 15 is 0 Å². The van der Waals surface area contributed by atoms with Crippen LogP contribution < -0.4 is 19.7 Å². The minimum absolute atomic E-state index is 0.169.